The Bertz CT molecular complexity index is 1360. The Kier molecular flexibility index (Phi) is 9.58. The standard InChI is InChI=1S/C26H32N6O4S/c1-29-24(33)23(16-18-8-3-2-4-9-18)31-25(34)22(12-7-15-30-26(27)28)32-37(35,36)21-14-13-19-10-5-6-11-20(19)17-21/h2-6,8-11,13-14,17,22-23,32H,7,12,15-16H2,1H3,(H,29,33)(H,31,34)(H4,27,28,30)/t22-,23-/m0/s1. The molecule has 0 bridgehead atoms. The van der Waals surface area contributed by atoms with Gasteiger partial charge in [0.15, 0.2) is 5.96 Å². The first-order chi connectivity index (χ1) is 17.7. The van der Waals surface area contributed by atoms with Gasteiger partial charge in [-0.1, -0.05) is 60.7 Å². The van der Waals surface area contributed by atoms with Crippen molar-refractivity contribution >= 4 is 38.6 Å². The summed E-state index contributed by atoms with van der Waals surface area (Å²) in [5.74, 6) is -1.12. The van der Waals surface area contributed by atoms with Crippen molar-refractivity contribution in [2.24, 2.45) is 16.5 Å². The van der Waals surface area contributed by atoms with E-state index in [1.54, 1.807) is 12.1 Å². The van der Waals surface area contributed by atoms with E-state index in [1.807, 2.05) is 54.6 Å². The molecule has 0 unspecified atom stereocenters. The minimum atomic E-state index is -4.07. The highest BCUT2D eigenvalue weighted by atomic mass is 32.2. The van der Waals surface area contributed by atoms with Crippen LogP contribution in [-0.4, -0.2) is 51.9 Å². The largest absolute Gasteiger partial charge is 0.370 e. The third kappa shape index (κ3) is 8.02. The number of carbonyl (C=O) groups excluding carboxylic acids is 2. The van der Waals surface area contributed by atoms with E-state index in [9.17, 15) is 18.0 Å². The predicted molar refractivity (Wildman–Crippen MR) is 144 cm³/mol. The second-order valence-corrected chi connectivity index (χ2v) is 10.2. The number of hydrogen-bond donors (Lipinski definition) is 5. The summed E-state index contributed by atoms with van der Waals surface area (Å²) in [4.78, 5) is 29.8. The molecule has 3 rings (SSSR count). The molecule has 0 aromatic heterocycles. The van der Waals surface area contributed by atoms with Gasteiger partial charge in [-0.2, -0.15) is 4.72 Å². The predicted octanol–water partition coefficient (Wildman–Crippen LogP) is 1.01. The van der Waals surface area contributed by atoms with Gasteiger partial charge < -0.3 is 22.1 Å². The Morgan fingerprint density at radius 1 is 0.892 bits per heavy atom. The van der Waals surface area contributed by atoms with Gasteiger partial charge in [0, 0.05) is 20.0 Å². The van der Waals surface area contributed by atoms with Crippen LogP contribution < -0.4 is 26.8 Å². The number of amides is 2. The number of likely N-dealkylation sites (N-methyl/N-ethyl adjacent to an activating group) is 1. The maximum atomic E-state index is 13.3. The summed E-state index contributed by atoms with van der Waals surface area (Å²) in [7, 11) is -2.59. The minimum absolute atomic E-state index is 0.0281. The van der Waals surface area contributed by atoms with Crippen LogP contribution in [0.15, 0.2) is 82.7 Å². The number of fused-ring (bicyclic) bond motifs is 1. The first-order valence-electron chi connectivity index (χ1n) is 11.8. The molecule has 0 spiro atoms. The Morgan fingerprint density at radius 3 is 2.24 bits per heavy atom. The second-order valence-electron chi connectivity index (χ2n) is 8.50. The molecule has 0 aliphatic carbocycles. The number of sulfonamides is 1. The lowest BCUT2D eigenvalue weighted by Crippen LogP contribution is -2.54. The third-order valence-corrected chi connectivity index (χ3v) is 7.22. The summed E-state index contributed by atoms with van der Waals surface area (Å²) in [5.41, 5.74) is 11.6. The van der Waals surface area contributed by atoms with E-state index < -0.39 is 33.9 Å². The molecule has 0 radical (unpaired) electrons. The monoisotopic (exact) mass is 524 g/mol. The summed E-state index contributed by atoms with van der Waals surface area (Å²) in [6.07, 6.45) is 0.686. The van der Waals surface area contributed by atoms with Gasteiger partial charge in [-0.15, -0.1) is 0 Å². The molecule has 2 amide bonds. The van der Waals surface area contributed by atoms with Crippen molar-refractivity contribution in [1.29, 1.82) is 0 Å². The van der Waals surface area contributed by atoms with Crippen LogP contribution in [0.2, 0.25) is 0 Å². The van der Waals surface area contributed by atoms with Crippen molar-refractivity contribution in [3.63, 3.8) is 0 Å². The number of rotatable bonds is 12. The summed E-state index contributed by atoms with van der Waals surface area (Å²) in [6, 6.07) is 19.3. The Labute approximate surface area is 216 Å². The number of aliphatic imine (C=N–C) groups is 1. The van der Waals surface area contributed by atoms with Crippen LogP contribution in [0, 0.1) is 0 Å². The van der Waals surface area contributed by atoms with Gasteiger partial charge >= 0.3 is 0 Å². The first kappa shape index (κ1) is 27.6. The number of nitrogens with one attached hydrogen (secondary N) is 3. The SMILES string of the molecule is CNC(=O)[C@H](Cc1ccccc1)NC(=O)[C@H](CCCN=C(N)N)NS(=O)(=O)c1ccc2ccccc2c1. The second kappa shape index (κ2) is 12.8. The molecule has 0 aliphatic heterocycles. The smallest absolute Gasteiger partial charge is 0.242 e. The number of benzene rings is 3. The minimum Gasteiger partial charge on any atom is -0.370 e. The van der Waals surface area contributed by atoms with Gasteiger partial charge in [-0.05, 0) is 41.3 Å². The van der Waals surface area contributed by atoms with Gasteiger partial charge in [-0.25, -0.2) is 8.42 Å². The highest BCUT2D eigenvalue weighted by molar-refractivity contribution is 7.89. The van der Waals surface area contributed by atoms with E-state index in [1.165, 1.54) is 13.1 Å². The van der Waals surface area contributed by atoms with Gasteiger partial charge in [0.05, 0.1) is 4.90 Å². The fraction of sp³-hybridized carbons (Fsp3) is 0.269. The quantitative estimate of drug-likeness (QED) is 0.135. The molecule has 37 heavy (non-hydrogen) atoms. The summed E-state index contributed by atoms with van der Waals surface area (Å²) >= 11 is 0. The lowest BCUT2D eigenvalue weighted by Gasteiger charge is -2.23. The fourth-order valence-corrected chi connectivity index (χ4v) is 5.11. The number of nitrogens with two attached hydrogens (primary N) is 2. The molecular weight excluding hydrogens is 492 g/mol. The molecule has 0 saturated carbocycles. The lowest BCUT2D eigenvalue weighted by atomic mass is 10.0. The Hall–Kier alpha value is -3.96. The average Bonchev–Trinajstić information content (AvgIpc) is 2.89. The number of carbonyl (C=O) groups is 2. The van der Waals surface area contributed by atoms with E-state index in [-0.39, 0.29) is 30.2 Å². The zero-order chi connectivity index (χ0) is 26.8. The zero-order valence-corrected chi connectivity index (χ0v) is 21.4. The summed E-state index contributed by atoms with van der Waals surface area (Å²) in [5, 5.41) is 6.90. The van der Waals surface area contributed by atoms with Crippen molar-refractivity contribution in [1.82, 2.24) is 15.4 Å². The van der Waals surface area contributed by atoms with Crippen LogP contribution in [0.1, 0.15) is 18.4 Å². The highest BCUT2D eigenvalue weighted by Crippen LogP contribution is 2.19. The first-order valence-corrected chi connectivity index (χ1v) is 13.3. The number of guanidine groups is 1. The molecular formula is C26H32N6O4S. The Balaban J connectivity index is 1.83. The van der Waals surface area contributed by atoms with Crippen molar-refractivity contribution in [2.75, 3.05) is 13.6 Å². The van der Waals surface area contributed by atoms with Crippen molar-refractivity contribution in [3.8, 4) is 0 Å². The van der Waals surface area contributed by atoms with Gasteiger partial charge in [0.2, 0.25) is 21.8 Å². The molecule has 0 fully saturated rings. The fourth-order valence-electron chi connectivity index (χ4n) is 3.84. The molecule has 3 aromatic carbocycles. The van der Waals surface area contributed by atoms with Gasteiger partial charge in [0.1, 0.15) is 12.1 Å². The lowest BCUT2D eigenvalue weighted by molar-refractivity contribution is -0.129. The number of nitrogens with zero attached hydrogens (tertiary/aromatic N) is 1. The molecule has 7 N–H and O–H groups in total. The molecule has 0 aliphatic rings. The normalized spacial score (nSPS) is 12.9. The van der Waals surface area contributed by atoms with E-state index in [0.29, 0.717) is 6.42 Å². The van der Waals surface area contributed by atoms with Crippen LogP contribution in [-0.2, 0) is 26.0 Å². The molecule has 10 nitrogen and oxygen atoms in total. The summed E-state index contributed by atoms with van der Waals surface area (Å²) in [6.45, 7) is 0.215. The van der Waals surface area contributed by atoms with Crippen LogP contribution >= 0.6 is 0 Å². The van der Waals surface area contributed by atoms with Gasteiger partial charge in [-0.3, -0.25) is 14.6 Å². The average molecular weight is 525 g/mol. The van der Waals surface area contributed by atoms with Gasteiger partial charge in [0.25, 0.3) is 0 Å². The zero-order valence-electron chi connectivity index (χ0n) is 20.6. The van der Waals surface area contributed by atoms with E-state index in [0.717, 1.165) is 16.3 Å². The highest BCUT2D eigenvalue weighted by Gasteiger charge is 2.29. The molecule has 3 aromatic rings. The van der Waals surface area contributed by atoms with Crippen LogP contribution in [0.25, 0.3) is 10.8 Å². The van der Waals surface area contributed by atoms with Crippen LogP contribution in [0.3, 0.4) is 0 Å². The molecule has 2 atom stereocenters. The molecule has 11 heteroatoms. The molecule has 196 valence electrons. The van der Waals surface area contributed by atoms with Crippen molar-refractivity contribution < 1.29 is 18.0 Å². The van der Waals surface area contributed by atoms with E-state index >= 15 is 0 Å². The maximum Gasteiger partial charge on any atom is 0.242 e. The van der Waals surface area contributed by atoms with E-state index in [4.69, 9.17) is 11.5 Å². The molecule has 0 saturated heterocycles. The topological polar surface area (TPSA) is 169 Å². The van der Waals surface area contributed by atoms with Crippen LogP contribution in [0.5, 0.6) is 0 Å². The van der Waals surface area contributed by atoms with Crippen molar-refractivity contribution in [2.45, 2.75) is 36.2 Å². The number of hydrogen-bond acceptors (Lipinski definition) is 5. The van der Waals surface area contributed by atoms with Crippen molar-refractivity contribution in [3.05, 3.63) is 78.4 Å². The molecule has 0 heterocycles. The van der Waals surface area contributed by atoms with E-state index in [2.05, 4.69) is 20.3 Å². The Morgan fingerprint density at radius 2 is 1.57 bits per heavy atom. The maximum absolute atomic E-state index is 13.3. The third-order valence-electron chi connectivity index (χ3n) is 5.75. The van der Waals surface area contributed by atoms with Crippen LogP contribution in [0.4, 0.5) is 0 Å². The summed E-state index contributed by atoms with van der Waals surface area (Å²) < 4.78 is 29.0.